The zero-order valence-electron chi connectivity index (χ0n) is 14.2. The maximum absolute atomic E-state index is 12.4. The number of carbonyl (C=O) groups excluding carboxylic acids is 1. The Balaban J connectivity index is 2.33. The number of ether oxygens (including phenoxy) is 1. The summed E-state index contributed by atoms with van der Waals surface area (Å²) in [4.78, 5) is 13.1. The Morgan fingerprint density at radius 1 is 1.28 bits per heavy atom. The van der Waals surface area contributed by atoms with Crippen molar-refractivity contribution in [2.24, 2.45) is 0 Å². The SMILES string of the molecule is CCOC(=O)C(Nc1ccc(C#N)cc1)c1ccc(O)c(SCC)c1. The van der Waals surface area contributed by atoms with E-state index in [4.69, 9.17) is 10.00 Å². The van der Waals surface area contributed by atoms with Crippen molar-refractivity contribution in [1.29, 1.82) is 5.26 Å². The number of thioether (sulfide) groups is 1. The molecule has 0 saturated carbocycles. The molecule has 2 N–H and O–H groups in total. The number of nitrogens with one attached hydrogen (secondary N) is 1. The number of nitriles is 1. The van der Waals surface area contributed by atoms with Gasteiger partial charge in [0.2, 0.25) is 0 Å². The van der Waals surface area contributed by atoms with Crippen LogP contribution in [-0.4, -0.2) is 23.4 Å². The molecule has 0 amide bonds. The van der Waals surface area contributed by atoms with Crippen LogP contribution in [0, 0.1) is 11.3 Å². The zero-order chi connectivity index (χ0) is 18.2. The van der Waals surface area contributed by atoms with Gasteiger partial charge in [0.1, 0.15) is 5.75 Å². The lowest BCUT2D eigenvalue weighted by Crippen LogP contribution is -2.23. The summed E-state index contributed by atoms with van der Waals surface area (Å²) >= 11 is 1.50. The maximum atomic E-state index is 12.4. The molecule has 1 unspecified atom stereocenters. The predicted molar refractivity (Wildman–Crippen MR) is 98.7 cm³/mol. The van der Waals surface area contributed by atoms with Crippen LogP contribution in [0.1, 0.15) is 31.0 Å². The lowest BCUT2D eigenvalue weighted by molar-refractivity contribution is -0.144. The summed E-state index contributed by atoms with van der Waals surface area (Å²) in [5.74, 6) is 0.603. The van der Waals surface area contributed by atoms with Gasteiger partial charge < -0.3 is 15.2 Å². The fraction of sp³-hybridized carbons (Fsp3) is 0.263. The molecule has 0 heterocycles. The van der Waals surface area contributed by atoms with E-state index in [0.717, 1.165) is 10.6 Å². The number of phenols is 1. The lowest BCUT2D eigenvalue weighted by Gasteiger charge is -2.20. The highest BCUT2D eigenvalue weighted by Crippen LogP contribution is 2.32. The summed E-state index contributed by atoms with van der Waals surface area (Å²) in [6, 6.07) is 13.3. The summed E-state index contributed by atoms with van der Waals surface area (Å²) in [5.41, 5.74) is 1.95. The zero-order valence-corrected chi connectivity index (χ0v) is 15.0. The van der Waals surface area contributed by atoms with Crippen LogP contribution in [0.25, 0.3) is 0 Å². The van der Waals surface area contributed by atoms with Gasteiger partial charge in [0.05, 0.1) is 18.2 Å². The molecule has 0 aliphatic carbocycles. The van der Waals surface area contributed by atoms with Crippen LogP contribution < -0.4 is 5.32 Å². The summed E-state index contributed by atoms with van der Waals surface area (Å²) in [7, 11) is 0. The molecule has 0 aromatic heterocycles. The van der Waals surface area contributed by atoms with Crippen molar-refractivity contribution in [3.05, 3.63) is 53.6 Å². The van der Waals surface area contributed by atoms with Crippen molar-refractivity contribution in [1.82, 2.24) is 0 Å². The lowest BCUT2D eigenvalue weighted by atomic mass is 10.1. The van der Waals surface area contributed by atoms with E-state index in [0.29, 0.717) is 16.8 Å². The Hall–Kier alpha value is -2.65. The van der Waals surface area contributed by atoms with Gasteiger partial charge in [-0.2, -0.15) is 5.26 Å². The van der Waals surface area contributed by atoms with Gasteiger partial charge in [0, 0.05) is 10.6 Å². The highest BCUT2D eigenvalue weighted by molar-refractivity contribution is 7.99. The molecular weight excluding hydrogens is 336 g/mol. The van der Waals surface area contributed by atoms with Crippen molar-refractivity contribution >= 4 is 23.4 Å². The fourth-order valence-electron chi connectivity index (χ4n) is 2.29. The summed E-state index contributed by atoms with van der Waals surface area (Å²) in [5, 5.41) is 22.0. The first-order valence-corrected chi connectivity index (χ1v) is 8.96. The van der Waals surface area contributed by atoms with Crippen LogP contribution in [0.3, 0.4) is 0 Å². The minimum Gasteiger partial charge on any atom is -0.507 e. The molecule has 2 aromatic carbocycles. The highest BCUT2D eigenvalue weighted by Gasteiger charge is 2.23. The van der Waals surface area contributed by atoms with Crippen molar-refractivity contribution in [3.63, 3.8) is 0 Å². The molecule has 2 rings (SSSR count). The van der Waals surface area contributed by atoms with E-state index in [9.17, 15) is 9.90 Å². The number of phenolic OH excluding ortho intramolecular Hbond substituents is 1. The number of aromatic hydroxyl groups is 1. The van der Waals surface area contributed by atoms with Gasteiger partial charge in [0.15, 0.2) is 6.04 Å². The monoisotopic (exact) mass is 356 g/mol. The first-order chi connectivity index (χ1) is 12.1. The first-order valence-electron chi connectivity index (χ1n) is 7.98. The molecule has 2 aromatic rings. The van der Waals surface area contributed by atoms with Crippen molar-refractivity contribution in [2.45, 2.75) is 24.8 Å². The van der Waals surface area contributed by atoms with Gasteiger partial charge in [-0.25, -0.2) is 4.79 Å². The van der Waals surface area contributed by atoms with Crippen molar-refractivity contribution in [3.8, 4) is 11.8 Å². The van der Waals surface area contributed by atoms with E-state index in [2.05, 4.69) is 11.4 Å². The number of anilines is 1. The Morgan fingerprint density at radius 2 is 2.00 bits per heavy atom. The normalized spacial score (nSPS) is 11.4. The summed E-state index contributed by atoms with van der Waals surface area (Å²) in [6.07, 6.45) is 0. The summed E-state index contributed by atoms with van der Waals surface area (Å²) in [6.45, 7) is 4.03. The fourth-order valence-corrected chi connectivity index (χ4v) is 3.04. The molecule has 0 bridgehead atoms. The number of esters is 1. The Morgan fingerprint density at radius 3 is 2.60 bits per heavy atom. The van der Waals surface area contributed by atoms with E-state index in [-0.39, 0.29) is 12.4 Å². The largest absolute Gasteiger partial charge is 0.507 e. The first kappa shape index (κ1) is 18.7. The number of hydrogen-bond acceptors (Lipinski definition) is 6. The van der Waals surface area contributed by atoms with Crippen LogP contribution in [-0.2, 0) is 9.53 Å². The number of rotatable bonds is 7. The van der Waals surface area contributed by atoms with Gasteiger partial charge in [-0.3, -0.25) is 0 Å². The highest BCUT2D eigenvalue weighted by atomic mass is 32.2. The molecule has 0 aliphatic rings. The van der Waals surface area contributed by atoms with Crippen molar-refractivity contribution < 1.29 is 14.6 Å². The molecule has 0 radical (unpaired) electrons. The molecule has 25 heavy (non-hydrogen) atoms. The molecule has 5 nitrogen and oxygen atoms in total. The Kier molecular flexibility index (Phi) is 6.72. The smallest absolute Gasteiger partial charge is 0.333 e. The maximum Gasteiger partial charge on any atom is 0.333 e. The third-order valence-corrected chi connectivity index (χ3v) is 4.39. The second-order valence-electron chi connectivity index (χ2n) is 5.18. The Labute approximate surface area is 151 Å². The predicted octanol–water partition coefficient (Wildman–Crippen LogP) is 4.09. The third kappa shape index (κ3) is 4.91. The van der Waals surface area contributed by atoms with Crippen LogP contribution >= 0.6 is 11.8 Å². The molecule has 6 heteroatoms. The molecule has 130 valence electrons. The van der Waals surface area contributed by atoms with Crippen LogP contribution in [0.5, 0.6) is 5.75 Å². The topological polar surface area (TPSA) is 82.3 Å². The van der Waals surface area contributed by atoms with E-state index in [1.807, 2.05) is 6.92 Å². The van der Waals surface area contributed by atoms with E-state index in [1.165, 1.54) is 11.8 Å². The van der Waals surface area contributed by atoms with E-state index < -0.39 is 12.0 Å². The number of benzene rings is 2. The molecule has 0 saturated heterocycles. The average Bonchev–Trinajstić information content (AvgIpc) is 2.62. The number of hydrogen-bond donors (Lipinski definition) is 2. The molecular formula is C19H20N2O3S. The summed E-state index contributed by atoms with van der Waals surface area (Å²) < 4.78 is 5.18. The minimum atomic E-state index is -0.704. The quantitative estimate of drug-likeness (QED) is 0.574. The second-order valence-corrected chi connectivity index (χ2v) is 6.48. The molecule has 0 fully saturated rings. The Bertz CT molecular complexity index is 769. The average molecular weight is 356 g/mol. The van der Waals surface area contributed by atoms with Gasteiger partial charge in [0.25, 0.3) is 0 Å². The van der Waals surface area contributed by atoms with Gasteiger partial charge in [-0.1, -0.05) is 13.0 Å². The van der Waals surface area contributed by atoms with Crippen LogP contribution in [0.2, 0.25) is 0 Å². The third-order valence-electron chi connectivity index (χ3n) is 3.46. The standard InChI is InChI=1S/C19H20N2O3S/c1-3-24-19(23)18(21-15-8-5-13(12-20)6-9-15)14-7-10-16(22)17(11-14)25-4-2/h5-11,18,21-22H,3-4H2,1-2H3. The van der Waals surface area contributed by atoms with Crippen molar-refractivity contribution in [2.75, 3.05) is 17.7 Å². The number of carbonyl (C=O) groups is 1. The molecule has 0 spiro atoms. The van der Waals surface area contributed by atoms with Gasteiger partial charge in [-0.15, -0.1) is 11.8 Å². The second kappa shape index (κ2) is 9.00. The minimum absolute atomic E-state index is 0.191. The van der Waals surface area contributed by atoms with Crippen LogP contribution in [0.15, 0.2) is 47.4 Å². The van der Waals surface area contributed by atoms with Crippen LogP contribution in [0.4, 0.5) is 5.69 Å². The van der Waals surface area contributed by atoms with E-state index in [1.54, 1.807) is 49.4 Å². The van der Waals surface area contributed by atoms with Gasteiger partial charge in [-0.05, 0) is 54.6 Å². The van der Waals surface area contributed by atoms with E-state index >= 15 is 0 Å². The molecule has 1 atom stereocenters. The number of nitrogens with zero attached hydrogens (tertiary/aromatic N) is 1. The molecule has 0 aliphatic heterocycles. The van der Waals surface area contributed by atoms with Gasteiger partial charge >= 0.3 is 5.97 Å².